The van der Waals surface area contributed by atoms with E-state index in [1.165, 1.54) is 12.8 Å². The van der Waals surface area contributed by atoms with Crippen LogP contribution in [0.1, 0.15) is 50.8 Å². The van der Waals surface area contributed by atoms with Crippen molar-refractivity contribution in [1.29, 1.82) is 0 Å². The molecule has 5 atom stereocenters. The summed E-state index contributed by atoms with van der Waals surface area (Å²) in [6.07, 6.45) is 9.75. The highest BCUT2D eigenvalue weighted by molar-refractivity contribution is 5.98. The average Bonchev–Trinajstić information content (AvgIpc) is 3.08. The fraction of sp³-hybridized carbons (Fsp3) is 0.667. The van der Waals surface area contributed by atoms with Crippen LogP contribution in [-0.4, -0.2) is 36.7 Å². The first kappa shape index (κ1) is 15.6. The molecule has 6 rings (SSSR count). The van der Waals surface area contributed by atoms with Gasteiger partial charge in [-0.3, -0.25) is 14.9 Å². The lowest BCUT2D eigenvalue weighted by atomic mass is 9.80. The second-order valence-corrected chi connectivity index (χ2v) is 8.46. The number of hydrazone groups is 1. The van der Waals surface area contributed by atoms with Gasteiger partial charge in [-0.15, -0.1) is 10.2 Å². The molecule has 2 aromatic heterocycles. The van der Waals surface area contributed by atoms with Crippen LogP contribution in [0, 0.1) is 23.8 Å². The Kier molecular flexibility index (Phi) is 3.19. The molecule has 2 aromatic rings. The number of nitrogens with one attached hydrogen (secondary N) is 1. The number of aromatic nitrogens is 5. The molecule has 0 amide bonds. The SMILES string of the molecule is CC1CC1Cc1cn(C2=NNC3C4CCCCC4n4c(cnc4F)N23)nn1. The summed E-state index contributed by atoms with van der Waals surface area (Å²) in [5, 5.41) is 13.2. The first-order valence-corrected chi connectivity index (χ1v) is 9.97. The predicted octanol–water partition coefficient (Wildman–Crippen LogP) is 2.11. The summed E-state index contributed by atoms with van der Waals surface area (Å²) < 4.78 is 18.0. The molecule has 2 aliphatic carbocycles. The minimum absolute atomic E-state index is 0.0185. The van der Waals surface area contributed by atoms with Crippen LogP contribution in [0.25, 0.3) is 0 Å². The molecular weight excluding hydrogens is 347 g/mol. The molecule has 9 heteroatoms. The van der Waals surface area contributed by atoms with E-state index < -0.39 is 6.08 Å². The Hall–Kier alpha value is -2.45. The monoisotopic (exact) mass is 370 g/mol. The van der Waals surface area contributed by atoms with Crippen LogP contribution < -0.4 is 10.3 Å². The van der Waals surface area contributed by atoms with Crippen molar-refractivity contribution >= 4 is 11.8 Å². The number of nitrogens with zero attached hydrogens (tertiary/aromatic N) is 7. The van der Waals surface area contributed by atoms with Crippen molar-refractivity contribution in [3.8, 4) is 0 Å². The predicted molar refractivity (Wildman–Crippen MR) is 96.4 cm³/mol. The van der Waals surface area contributed by atoms with Crippen LogP contribution in [0.4, 0.5) is 10.2 Å². The van der Waals surface area contributed by atoms with Gasteiger partial charge < -0.3 is 0 Å². The van der Waals surface area contributed by atoms with E-state index in [0.717, 1.165) is 49.0 Å². The maximum atomic E-state index is 14.5. The van der Waals surface area contributed by atoms with Gasteiger partial charge in [-0.25, -0.2) is 4.98 Å². The molecular formula is C18H23FN8. The van der Waals surface area contributed by atoms with Crippen molar-refractivity contribution in [3.05, 3.63) is 24.2 Å². The zero-order chi connectivity index (χ0) is 18.1. The van der Waals surface area contributed by atoms with Crippen LogP contribution in [0.5, 0.6) is 0 Å². The number of anilines is 1. The quantitative estimate of drug-likeness (QED) is 0.876. The molecule has 2 saturated carbocycles. The highest BCUT2D eigenvalue weighted by atomic mass is 19.1. The Balaban J connectivity index is 1.36. The fourth-order valence-electron chi connectivity index (χ4n) is 5.14. The Morgan fingerprint density at radius 1 is 1.30 bits per heavy atom. The molecule has 8 nitrogen and oxygen atoms in total. The molecule has 2 aliphatic heterocycles. The fourth-order valence-corrected chi connectivity index (χ4v) is 5.14. The minimum Gasteiger partial charge on any atom is -0.283 e. The number of rotatable bonds is 2. The molecule has 5 unspecified atom stereocenters. The summed E-state index contributed by atoms with van der Waals surface area (Å²) in [5.41, 5.74) is 4.28. The van der Waals surface area contributed by atoms with Crippen LogP contribution >= 0.6 is 0 Å². The molecule has 0 aromatic carbocycles. The zero-order valence-corrected chi connectivity index (χ0v) is 15.3. The maximum Gasteiger partial charge on any atom is 0.291 e. The van der Waals surface area contributed by atoms with E-state index in [-0.39, 0.29) is 12.2 Å². The van der Waals surface area contributed by atoms with E-state index in [2.05, 4.69) is 32.7 Å². The first-order chi connectivity index (χ1) is 13.2. The van der Waals surface area contributed by atoms with Gasteiger partial charge in [0, 0.05) is 12.0 Å². The van der Waals surface area contributed by atoms with Gasteiger partial charge in [-0.05, 0) is 37.5 Å². The van der Waals surface area contributed by atoms with Crippen LogP contribution in [0.15, 0.2) is 17.5 Å². The topological polar surface area (TPSA) is 76.2 Å². The lowest BCUT2D eigenvalue weighted by molar-refractivity contribution is 0.161. The van der Waals surface area contributed by atoms with E-state index in [1.807, 2.05) is 11.1 Å². The van der Waals surface area contributed by atoms with E-state index in [4.69, 9.17) is 0 Å². The minimum atomic E-state index is -0.409. The Morgan fingerprint density at radius 2 is 2.15 bits per heavy atom. The zero-order valence-electron chi connectivity index (χ0n) is 15.3. The molecule has 0 radical (unpaired) electrons. The van der Waals surface area contributed by atoms with Crippen molar-refractivity contribution in [2.45, 2.75) is 57.7 Å². The van der Waals surface area contributed by atoms with E-state index in [9.17, 15) is 4.39 Å². The van der Waals surface area contributed by atoms with Gasteiger partial charge in [0.1, 0.15) is 12.0 Å². The van der Waals surface area contributed by atoms with Gasteiger partial charge in [0.05, 0.1) is 18.1 Å². The average molecular weight is 370 g/mol. The van der Waals surface area contributed by atoms with Gasteiger partial charge in [-0.1, -0.05) is 25.0 Å². The van der Waals surface area contributed by atoms with Crippen LogP contribution in [0.3, 0.4) is 0 Å². The number of fused-ring (bicyclic) bond motifs is 6. The molecule has 0 spiro atoms. The molecule has 0 saturated heterocycles. The number of imidazole rings is 1. The van der Waals surface area contributed by atoms with Crippen LogP contribution in [0.2, 0.25) is 0 Å². The highest BCUT2D eigenvalue weighted by Gasteiger charge is 2.48. The summed E-state index contributed by atoms with van der Waals surface area (Å²) in [6.45, 7) is 2.27. The maximum absolute atomic E-state index is 14.5. The van der Waals surface area contributed by atoms with Crippen LogP contribution in [-0.2, 0) is 6.42 Å². The van der Waals surface area contributed by atoms with Crippen molar-refractivity contribution in [1.82, 2.24) is 30.0 Å². The molecule has 1 N–H and O–H groups in total. The third kappa shape index (κ3) is 2.26. The molecule has 4 aliphatic rings. The van der Waals surface area contributed by atoms with E-state index in [1.54, 1.807) is 15.4 Å². The number of hydrogen-bond donors (Lipinski definition) is 1. The highest BCUT2D eigenvalue weighted by Crippen LogP contribution is 2.45. The smallest absolute Gasteiger partial charge is 0.283 e. The van der Waals surface area contributed by atoms with Gasteiger partial charge in [0.2, 0.25) is 0 Å². The standard InChI is InChI=1S/C18H23FN8/c1-10-6-11(10)7-12-9-25(24-21-12)18-23-22-16-13-4-2-3-5-14(13)26-15(27(16)18)8-20-17(26)19/h8-11,13-14,16,22H,2-7H2,1H3. The third-order valence-corrected chi connectivity index (χ3v) is 6.78. The van der Waals surface area contributed by atoms with Gasteiger partial charge in [-0.2, -0.15) is 9.07 Å². The Bertz CT molecular complexity index is 916. The summed E-state index contributed by atoms with van der Waals surface area (Å²) in [7, 11) is 0. The molecule has 2 fully saturated rings. The first-order valence-electron chi connectivity index (χ1n) is 9.97. The van der Waals surface area contributed by atoms with E-state index >= 15 is 0 Å². The van der Waals surface area contributed by atoms with Crippen molar-refractivity contribution in [3.63, 3.8) is 0 Å². The molecule has 4 heterocycles. The Morgan fingerprint density at radius 3 is 3.00 bits per heavy atom. The van der Waals surface area contributed by atoms with E-state index in [0.29, 0.717) is 11.9 Å². The second-order valence-electron chi connectivity index (χ2n) is 8.46. The number of hydrogen-bond acceptors (Lipinski definition) is 6. The van der Waals surface area contributed by atoms with Gasteiger partial charge >= 0.3 is 0 Å². The largest absolute Gasteiger partial charge is 0.291 e. The second kappa shape index (κ2) is 5.53. The molecule has 27 heavy (non-hydrogen) atoms. The molecule has 142 valence electrons. The summed E-state index contributed by atoms with van der Waals surface area (Å²) in [6, 6.07) is 0.141. The lowest BCUT2D eigenvalue weighted by Gasteiger charge is -2.45. The Labute approximate surface area is 156 Å². The van der Waals surface area contributed by atoms with Gasteiger partial charge in [0.25, 0.3) is 12.0 Å². The normalized spacial score (nSPS) is 33.8. The lowest BCUT2D eigenvalue weighted by Crippen LogP contribution is -2.55. The van der Waals surface area contributed by atoms with Crippen molar-refractivity contribution in [2.24, 2.45) is 22.9 Å². The van der Waals surface area contributed by atoms with Gasteiger partial charge in [0.15, 0.2) is 0 Å². The third-order valence-electron chi connectivity index (χ3n) is 6.78. The van der Waals surface area contributed by atoms with Crippen molar-refractivity contribution < 1.29 is 4.39 Å². The summed E-state index contributed by atoms with van der Waals surface area (Å²) >= 11 is 0. The molecule has 0 bridgehead atoms. The summed E-state index contributed by atoms with van der Waals surface area (Å²) in [5.74, 6) is 3.20. The van der Waals surface area contributed by atoms with Crippen molar-refractivity contribution in [2.75, 3.05) is 4.90 Å². The number of halogens is 1. The summed E-state index contributed by atoms with van der Waals surface area (Å²) in [4.78, 5) is 6.01.